The van der Waals surface area contributed by atoms with Crippen molar-refractivity contribution in [3.8, 4) is 0 Å². The summed E-state index contributed by atoms with van der Waals surface area (Å²) < 4.78 is 35.6. The van der Waals surface area contributed by atoms with E-state index >= 15 is 0 Å². The van der Waals surface area contributed by atoms with E-state index in [1.54, 1.807) is 6.07 Å². The number of nitrogens with one attached hydrogen (secondary N) is 2. The quantitative estimate of drug-likeness (QED) is 0.722. The Kier molecular flexibility index (Phi) is 4.90. The SMILES string of the molecule is CN1CCN(S(=O)(=O)Nc2ccc3c(c2)COC(=NC2CC24CCc2ccccc24)N3)CC1. The van der Waals surface area contributed by atoms with E-state index in [0.29, 0.717) is 31.4 Å². The van der Waals surface area contributed by atoms with Crippen LogP contribution >= 0.6 is 0 Å². The summed E-state index contributed by atoms with van der Waals surface area (Å²) in [5.41, 5.74) is 5.44. The van der Waals surface area contributed by atoms with Gasteiger partial charge in [-0.25, -0.2) is 4.99 Å². The van der Waals surface area contributed by atoms with E-state index in [4.69, 9.17) is 9.73 Å². The molecule has 2 aromatic rings. The van der Waals surface area contributed by atoms with Gasteiger partial charge in [-0.2, -0.15) is 12.7 Å². The minimum Gasteiger partial charge on any atom is -0.460 e. The Labute approximate surface area is 194 Å². The number of fused-ring (bicyclic) bond motifs is 3. The Balaban J connectivity index is 1.13. The molecule has 2 aliphatic carbocycles. The fourth-order valence-electron chi connectivity index (χ4n) is 5.38. The highest BCUT2D eigenvalue weighted by atomic mass is 32.2. The predicted octanol–water partition coefficient (Wildman–Crippen LogP) is 2.55. The number of nitrogens with zero attached hydrogens (tertiary/aromatic N) is 3. The lowest BCUT2D eigenvalue weighted by Crippen LogP contribution is -2.48. The summed E-state index contributed by atoms with van der Waals surface area (Å²) in [4.78, 5) is 7.02. The second-order valence-corrected chi connectivity index (χ2v) is 11.2. The molecule has 2 aliphatic heterocycles. The number of piperazine rings is 1. The summed E-state index contributed by atoms with van der Waals surface area (Å²) in [6.45, 7) is 2.82. The number of amidine groups is 1. The number of likely N-dealkylation sites (N-methyl/N-ethyl adjacent to an activating group) is 1. The molecule has 1 spiro atoms. The van der Waals surface area contributed by atoms with Gasteiger partial charge in [0.15, 0.2) is 0 Å². The van der Waals surface area contributed by atoms with Crippen molar-refractivity contribution in [2.24, 2.45) is 4.99 Å². The van der Waals surface area contributed by atoms with Crippen molar-refractivity contribution in [3.63, 3.8) is 0 Å². The van der Waals surface area contributed by atoms with Crippen LogP contribution in [0.3, 0.4) is 0 Å². The highest BCUT2D eigenvalue weighted by molar-refractivity contribution is 7.90. The van der Waals surface area contributed by atoms with Crippen molar-refractivity contribution in [1.82, 2.24) is 9.21 Å². The Morgan fingerprint density at radius 2 is 1.94 bits per heavy atom. The molecule has 9 heteroatoms. The van der Waals surface area contributed by atoms with E-state index in [1.165, 1.54) is 15.4 Å². The predicted molar refractivity (Wildman–Crippen MR) is 129 cm³/mol. The lowest BCUT2D eigenvalue weighted by Gasteiger charge is -2.31. The van der Waals surface area contributed by atoms with Crippen molar-refractivity contribution in [2.75, 3.05) is 43.3 Å². The number of aryl methyl sites for hydroxylation is 1. The maximum absolute atomic E-state index is 12.8. The molecule has 2 heterocycles. The molecule has 6 rings (SSSR count). The number of anilines is 2. The van der Waals surface area contributed by atoms with Crippen molar-refractivity contribution in [2.45, 2.75) is 37.3 Å². The van der Waals surface area contributed by atoms with Gasteiger partial charge >= 0.3 is 10.2 Å². The summed E-state index contributed by atoms with van der Waals surface area (Å²) in [6, 6.07) is 15.0. The molecule has 2 fully saturated rings. The minimum absolute atomic E-state index is 0.181. The Bertz CT molecular complexity index is 1220. The molecule has 2 N–H and O–H groups in total. The molecule has 4 aliphatic rings. The van der Waals surface area contributed by atoms with E-state index in [2.05, 4.69) is 39.2 Å². The fourth-order valence-corrected chi connectivity index (χ4v) is 6.58. The molecule has 0 aromatic heterocycles. The normalized spacial score (nSPS) is 28.2. The molecular weight excluding hydrogens is 438 g/mol. The van der Waals surface area contributed by atoms with E-state index in [-0.39, 0.29) is 11.5 Å². The monoisotopic (exact) mass is 467 g/mol. The molecule has 8 nitrogen and oxygen atoms in total. The third-order valence-corrected chi connectivity index (χ3v) is 9.00. The molecule has 0 radical (unpaired) electrons. The summed E-state index contributed by atoms with van der Waals surface area (Å²) in [6.07, 6.45) is 3.35. The Hall–Kier alpha value is -2.62. The maximum Gasteiger partial charge on any atom is 0.301 e. The van der Waals surface area contributed by atoms with Gasteiger partial charge in [-0.05, 0) is 55.6 Å². The zero-order valence-electron chi connectivity index (χ0n) is 18.8. The molecule has 33 heavy (non-hydrogen) atoms. The van der Waals surface area contributed by atoms with Gasteiger partial charge in [0, 0.05) is 42.8 Å². The van der Waals surface area contributed by atoms with Gasteiger partial charge in [-0.15, -0.1) is 0 Å². The fraction of sp³-hybridized carbons (Fsp3) is 0.458. The molecule has 2 aromatic carbocycles. The van der Waals surface area contributed by atoms with E-state index in [1.807, 2.05) is 19.2 Å². The molecular formula is C24H29N5O3S. The number of ether oxygens (including phenoxy) is 1. The summed E-state index contributed by atoms with van der Waals surface area (Å²) in [5.74, 6) is 0. The topological polar surface area (TPSA) is 86.3 Å². The maximum atomic E-state index is 12.8. The minimum atomic E-state index is -3.57. The third-order valence-electron chi connectivity index (χ3n) is 7.46. The highest BCUT2D eigenvalue weighted by Gasteiger charge is 2.58. The van der Waals surface area contributed by atoms with Gasteiger partial charge in [0.2, 0.25) is 0 Å². The van der Waals surface area contributed by atoms with E-state index in [9.17, 15) is 8.42 Å². The third kappa shape index (κ3) is 3.78. The summed E-state index contributed by atoms with van der Waals surface area (Å²) in [5, 5.41) is 3.29. The first-order valence-electron chi connectivity index (χ1n) is 11.6. The largest absolute Gasteiger partial charge is 0.460 e. The Morgan fingerprint density at radius 3 is 2.79 bits per heavy atom. The summed E-state index contributed by atoms with van der Waals surface area (Å²) in [7, 11) is -1.57. The van der Waals surface area contributed by atoms with Crippen molar-refractivity contribution in [3.05, 3.63) is 59.2 Å². The van der Waals surface area contributed by atoms with Gasteiger partial charge in [-0.1, -0.05) is 24.3 Å². The first-order chi connectivity index (χ1) is 15.9. The number of hydrogen-bond acceptors (Lipinski definition) is 5. The first-order valence-corrected chi connectivity index (χ1v) is 13.0. The summed E-state index contributed by atoms with van der Waals surface area (Å²) >= 11 is 0. The van der Waals surface area contributed by atoms with Gasteiger partial charge < -0.3 is 15.0 Å². The second kappa shape index (κ2) is 7.72. The van der Waals surface area contributed by atoms with Crippen LogP contribution in [0.25, 0.3) is 0 Å². The molecule has 1 saturated heterocycles. The van der Waals surface area contributed by atoms with Crippen LogP contribution < -0.4 is 10.0 Å². The van der Waals surface area contributed by atoms with Crippen LogP contribution in [0.15, 0.2) is 47.5 Å². The molecule has 2 unspecified atom stereocenters. The van der Waals surface area contributed by atoms with Crippen LogP contribution in [-0.4, -0.2) is 62.9 Å². The van der Waals surface area contributed by atoms with Gasteiger partial charge in [0.1, 0.15) is 6.61 Å². The van der Waals surface area contributed by atoms with Crippen LogP contribution in [-0.2, 0) is 33.4 Å². The number of benzene rings is 2. The Morgan fingerprint density at radius 1 is 1.12 bits per heavy atom. The van der Waals surface area contributed by atoms with Crippen LogP contribution in [0.1, 0.15) is 29.5 Å². The van der Waals surface area contributed by atoms with Crippen LogP contribution in [0, 0.1) is 0 Å². The number of hydrogen-bond donors (Lipinski definition) is 2. The van der Waals surface area contributed by atoms with E-state index in [0.717, 1.165) is 43.6 Å². The average molecular weight is 468 g/mol. The number of rotatable bonds is 4. The standard InChI is InChI=1S/C24H29N5O3S/c1-28-10-12-29(13-11-28)33(30,31)27-19-6-7-21-18(14-19)16-32-23(25-21)26-22-15-24(22)9-8-17-4-2-3-5-20(17)24/h2-7,14,22,27H,8-13,15-16H2,1H3,(H,25,26). The van der Waals surface area contributed by atoms with Crippen molar-refractivity contribution in [1.29, 1.82) is 0 Å². The lowest BCUT2D eigenvalue weighted by molar-refractivity contribution is 0.223. The van der Waals surface area contributed by atoms with Gasteiger partial charge in [0.25, 0.3) is 6.02 Å². The van der Waals surface area contributed by atoms with Gasteiger partial charge in [0.05, 0.1) is 11.7 Å². The second-order valence-electron chi connectivity index (χ2n) is 9.56. The van der Waals surface area contributed by atoms with Crippen LogP contribution in [0.2, 0.25) is 0 Å². The van der Waals surface area contributed by atoms with E-state index < -0.39 is 10.2 Å². The average Bonchev–Trinajstić information content (AvgIpc) is 3.37. The number of aliphatic imine (C=N–C) groups is 1. The molecule has 1 saturated carbocycles. The lowest BCUT2D eigenvalue weighted by atomic mass is 9.98. The van der Waals surface area contributed by atoms with Crippen LogP contribution in [0.4, 0.5) is 11.4 Å². The first kappa shape index (κ1) is 20.9. The molecule has 174 valence electrons. The zero-order valence-corrected chi connectivity index (χ0v) is 19.6. The molecule has 0 bridgehead atoms. The van der Waals surface area contributed by atoms with Crippen molar-refractivity contribution >= 4 is 27.6 Å². The smallest absolute Gasteiger partial charge is 0.301 e. The van der Waals surface area contributed by atoms with Crippen LogP contribution in [0.5, 0.6) is 0 Å². The molecule has 2 atom stereocenters. The zero-order chi connectivity index (χ0) is 22.6. The highest BCUT2D eigenvalue weighted by Crippen LogP contribution is 2.58. The molecule has 0 amide bonds. The van der Waals surface area contributed by atoms with Crippen molar-refractivity contribution < 1.29 is 13.2 Å². The van der Waals surface area contributed by atoms with Gasteiger partial charge in [-0.3, -0.25) is 4.72 Å².